The first-order chi connectivity index (χ1) is 26.4. The molecular formula is C43H49N2O8S3+. The highest BCUT2D eigenvalue weighted by Crippen LogP contribution is 2.49. The van der Waals surface area contributed by atoms with Gasteiger partial charge in [-0.3, -0.25) is 9.11 Å². The van der Waals surface area contributed by atoms with Crippen molar-refractivity contribution in [3.8, 4) is 0 Å². The number of aromatic carboxylic acids is 1. The van der Waals surface area contributed by atoms with Gasteiger partial charge < -0.3 is 10.0 Å². The number of para-hydroxylation sites is 2. The lowest BCUT2D eigenvalue weighted by atomic mass is 9.81. The molecule has 56 heavy (non-hydrogen) atoms. The number of anilines is 1. The lowest BCUT2D eigenvalue weighted by molar-refractivity contribution is -0.437. The van der Waals surface area contributed by atoms with Gasteiger partial charge in [0.05, 0.1) is 22.5 Å². The van der Waals surface area contributed by atoms with Crippen molar-refractivity contribution in [3.63, 3.8) is 0 Å². The van der Waals surface area contributed by atoms with E-state index < -0.39 is 26.2 Å². The van der Waals surface area contributed by atoms with Crippen LogP contribution in [-0.4, -0.2) is 71.9 Å². The third-order valence-electron chi connectivity index (χ3n) is 10.8. The lowest BCUT2D eigenvalue weighted by Gasteiger charge is -2.27. The Morgan fingerprint density at radius 1 is 0.804 bits per heavy atom. The Hall–Kier alpha value is -4.27. The van der Waals surface area contributed by atoms with E-state index in [-0.39, 0.29) is 40.7 Å². The molecule has 0 saturated heterocycles. The van der Waals surface area contributed by atoms with Gasteiger partial charge in [-0.05, 0) is 92.6 Å². The molecule has 10 nitrogen and oxygen atoms in total. The molecule has 0 fully saturated rings. The highest BCUT2D eigenvalue weighted by atomic mass is 32.2. The largest absolute Gasteiger partial charge is 0.478 e. The van der Waals surface area contributed by atoms with Crippen LogP contribution >= 0.6 is 11.8 Å². The van der Waals surface area contributed by atoms with Gasteiger partial charge in [0.2, 0.25) is 5.69 Å². The molecule has 1 aliphatic carbocycles. The summed E-state index contributed by atoms with van der Waals surface area (Å²) in [6, 6.07) is 23.1. The third kappa shape index (κ3) is 9.13. The molecule has 0 radical (unpaired) electrons. The summed E-state index contributed by atoms with van der Waals surface area (Å²) >= 11 is 1.59. The molecule has 0 bridgehead atoms. The standard InChI is InChI=1S/C43H48N2O8S3/c1-42(2)34-14-5-7-16-36(34)44(26-10-28-55(48,49)50)38(42)24-20-30-12-9-13-31(40(30)54-33-22-18-32(19-23-33)41(46)47)21-25-39-43(3,4)35-15-6-8-17-37(35)45(39)27-11-29-56(51,52)53/h5-8,14-25H,9-13,26-29H2,1-4H3,(H2-,46,47,48,49,50,51,52,53)/p+1. The van der Waals surface area contributed by atoms with Crippen LogP contribution in [0.4, 0.5) is 11.4 Å². The molecule has 3 aromatic rings. The molecule has 0 atom stereocenters. The normalized spacial score (nSPS) is 19.4. The van der Waals surface area contributed by atoms with Crippen LogP contribution in [0.15, 0.2) is 124 Å². The van der Waals surface area contributed by atoms with E-state index in [2.05, 4.69) is 73.6 Å². The molecule has 2 heterocycles. The van der Waals surface area contributed by atoms with Crippen LogP contribution in [0.25, 0.3) is 0 Å². The summed E-state index contributed by atoms with van der Waals surface area (Å²) in [7, 11) is -8.23. The van der Waals surface area contributed by atoms with Gasteiger partial charge in [-0.25, -0.2) is 4.79 Å². The van der Waals surface area contributed by atoms with Crippen LogP contribution in [-0.2, 0) is 31.1 Å². The van der Waals surface area contributed by atoms with Crippen molar-refractivity contribution in [2.45, 2.75) is 75.5 Å². The molecule has 3 N–H and O–H groups in total. The van der Waals surface area contributed by atoms with Crippen LogP contribution in [0.3, 0.4) is 0 Å². The Morgan fingerprint density at radius 3 is 2.12 bits per heavy atom. The Kier molecular flexibility index (Phi) is 12.0. The molecule has 3 aromatic carbocycles. The molecule has 0 unspecified atom stereocenters. The van der Waals surface area contributed by atoms with E-state index in [1.54, 1.807) is 23.9 Å². The summed E-state index contributed by atoms with van der Waals surface area (Å²) < 4.78 is 67.6. The molecule has 13 heteroatoms. The third-order valence-corrected chi connectivity index (χ3v) is 13.7. The first-order valence-electron chi connectivity index (χ1n) is 18.7. The zero-order valence-electron chi connectivity index (χ0n) is 32.1. The monoisotopic (exact) mass is 817 g/mol. The molecular weight excluding hydrogens is 769 g/mol. The van der Waals surface area contributed by atoms with Gasteiger partial charge in [0, 0.05) is 57.3 Å². The number of carboxylic acids is 1. The maximum Gasteiger partial charge on any atom is 0.335 e. The van der Waals surface area contributed by atoms with Crippen molar-refractivity contribution in [2.75, 3.05) is 29.5 Å². The maximum absolute atomic E-state index is 11.6. The number of hydrogen-bond donors (Lipinski definition) is 3. The van der Waals surface area contributed by atoms with Crippen LogP contribution < -0.4 is 4.90 Å². The number of carbonyl (C=O) groups is 1. The van der Waals surface area contributed by atoms with E-state index in [1.165, 1.54) is 0 Å². The van der Waals surface area contributed by atoms with Crippen molar-refractivity contribution in [2.24, 2.45) is 0 Å². The SMILES string of the molecule is CC1(C)C(=CC=C2CCCC(C=CC3=[N+](CCCS(=O)(=O)O)c4ccccc4C3(C)C)=C2Sc2ccc(C(=O)O)cc2)N(CCCS(=O)(=O)O)c2ccccc21. The van der Waals surface area contributed by atoms with Gasteiger partial charge in [-0.2, -0.15) is 21.4 Å². The van der Waals surface area contributed by atoms with E-state index in [4.69, 9.17) is 0 Å². The number of fused-ring (bicyclic) bond motifs is 2. The van der Waals surface area contributed by atoms with Gasteiger partial charge in [0.15, 0.2) is 5.71 Å². The van der Waals surface area contributed by atoms with Gasteiger partial charge in [0.25, 0.3) is 20.2 Å². The predicted molar refractivity (Wildman–Crippen MR) is 224 cm³/mol. The molecule has 6 rings (SSSR count). The van der Waals surface area contributed by atoms with Crippen LogP contribution in [0.1, 0.15) is 81.3 Å². The van der Waals surface area contributed by atoms with Crippen molar-refractivity contribution >= 4 is 55.1 Å². The summed E-state index contributed by atoms with van der Waals surface area (Å²) in [6.45, 7) is 9.45. The van der Waals surface area contributed by atoms with E-state index in [0.717, 1.165) is 74.1 Å². The lowest BCUT2D eigenvalue weighted by Crippen LogP contribution is -2.28. The Bertz CT molecular complexity index is 2410. The molecule has 0 aromatic heterocycles. The van der Waals surface area contributed by atoms with Crippen molar-refractivity contribution in [3.05, 3.63) is 136 Å². The van der Waals surface area contributed by atoms with E-state index in [9.17, 15) is 35.8 Å². The fraction of sp³-hybridized carbons (Fsp3) is 0.349. The first kappa shape index (κ1) is 41.4. The minimum atomic E-state index is -4.11. The van der Waals surface area contributed by atoms with Crippen molar-refractivity contribution in [1.29, 1.82) is 0 Å². The van der Waals surface area contributed by atoms with Gasteiger partial charge in [-0.1, -0.05) is 74.2 Å². The summed E-state index contributed by atoms with van der Waals surface area (Å²) in [5.41, 5.74) is 7.97. The summed E-state index contributed by atoms with van der Waals surface area (Å²) in [5, 5.41) is 9.54. The van der Waals surface area contributed by atoms with E-state index in [0.29, 0.717) is 13.1 Å². The number of thioether (sulfide) groups is 1. The smallest absolute Gasteiger partial charge is 0.335 e. The van der Waals surface area contributed by atoms with Crippen molar-refractivity contribution < 1.29 is 40.4 Å². The first-order valence-corrected chi connectivity index (χ1v) is 22.8. The zero-order chi connectivity index (χ0) is 40.5. The maximum atomic E-state index is 11.6. The minimum absolute atomic E-state index is 0.207. The number of carboxylic acid groups (broad SMARTS) is 1. The topological polar surface area (TPSA) is 152 Å². The zero-order valence-corrected chi connectivity index (χ0v) is 34.6. The average molecular weight is 818 g/mol. The Balaban J connectivity index is 1.44. The van der Waals surface area contributed by atoms with Crippen molar-refractivity contribution in [1.82, 2.24) is 0 Å². The van der Waals surface area contributed by atoms with Crippen LogP contribution in [0, 0.1) is 0 Å². The predicted octanol–water partition coefficient (Wildman–Crippen LogP) is 8.71. The van der Waals surface area contributed by atoms with E-state index in [1.807, 2.05) is 48.5 Å². The molecule has 296 valence electrons. The molecule has 2 aliphatic heterocycles. The van der Waals surface area contributed by atoms with Gasteiger partial charge >= 0.3 is 5.97 Å². The molecule has 3 aliphatic rings. The number of rotatable bonds is 14. The number of hydrogen-bond acceptors (Lipinski definition) is 7. The van der Waals surface area contributed by atoms with Crippen LogP contribution in [0.5, 0.6) is 0 Å². The number of allylic oxidation sites excluding steroid dienone is 7. The summed E-state index contributed by atoms with van der Waals surface area (Å²) in [6.07, 6.45) is 11.6. The van der Waals surface area contributed by atoms with Gasteiger partial charge in [0.1, 0.15) is 6.54 Å². The number of benzene rings is 3. The highest BCUT2D eigenvalue weighted by molar-refractivity contribution is 8.03. The van der Waals surface area contributed by atoms with Crippen LogP contribution in [0.2, 0.25) is 0 Å². The second-order valence-corrected chi connectivity index (χ2v) is 19.7. The minimum Gasteiger partial charge on any atom is -0.478 e. The summed E-state index contributed by atoms with van der Waals surface area (Å²) in [5.74, 6) is -1.66. The second kappa shape index (κ2) is 16.3. The second-order valence-electron chi connectivity index (χ2n) is 15.5. The van der Waals surface area contributed by atoms with Gasteiger partial charge in [-0.15, -0.1) is 0 Å². The highest BCUT2D eigenvalue weighted by Gasteiger charge is 2.44. The Labute approximate surface area is 334 Å². The number of nitrogens with zero attached hydrogens (tertiary/aromatic N) is 2. The molecule has 0 amide bonds. The molecule has 0 spiro atoms. The van der Waals surface area contributed by atoms with E-state index >= 15 is 0 Å². The summed E-state index contributed by atoms with van der Waals surface area (Å²) in [4.78, 5) is 15.7. The Morgan fingerprint density at radius 2 is 1.45 bits per heavy atom. The fourth-order valence-electron chi connectivity index (χ4n) is 8.07. The molecule has 0 saturated carbocycles. The average Bonchev–Trinajstić information content (AvgIpc) is 3.48. The fourth-order valence-corrected chi connectivity index (χ4v) is 10.2. The quantitative estimate of drug-likeness (QED) is 0.106.